The molecule has 0 spiro atoms. The van der Waals surface area contributed by atoms with Gasteiger partial charge in [-0.1, -0.05) is 26.7 Å². The molecule has 0 heteroatoms. The van der Waals surface area contributed by atoms with E-state index in [9.17, 15) is 0 Å². The molecule has 0 aromatic carbocycles. The van der Waals surface area contributed by atoms with E-state index in [0.717, 1.165) is 11.8 Å². The van der Waals surface area contributed by atoms with Crippen LogP contribution in [0, 0.1) is 18.3 Å². The molecule has 0 amide bonds. The minimum Gasteiger partial charge on any atom is -0.0651 e. The average molecular weight is 125 g/mol. The Hall–Kier alpha value is 0. The molecule has 1 radical (unpaired) electrons. The molecule has 0 heterocycles. The lowest BCUT2D eigenvalue weighted by molar-refractivity contribution is 0.357. The summed E-state index contributed by atoms with van der Waals surface area (Å²) in [6, 6.07) is 0. The topological polar surface area (TPSA) is 0 Å². The van der Waals surface area contributed by atoms with Crippen molar-refractivity contribution in [2.24, 2.45) is 11.8 Å². The van der Waals surface area contributed by atoms with E-state index < -0.39 is 0 Å². The molecule has 0 N–H and O–H groups in total. The lowest BCUT2D eigenvalue weighted by Gasteiger charge is -2.24. The number of hydrogen-bond acceptors (Lipinski definition) is 0. The molecule has 0 aromatic heterocycles. The van der Waals surface area contributed by atoms with E-state index in [-0.39, 0.29) is 0 Å². The van der Waals surface area contributed by atoms with Gasteiger partial charge in [-0.15, -0.1) is 0 Å². The second-order valence-corrected chi connectivity index (χ2v) is 3.32. The predicted molar refractivity (Wildman–Crippen MR) is 41.1 cm³/mol. The summed E-state index contributed by atoms with van der Waals surface area (Å²) < 4.78 is 0. The van der Waals surface area contributed by atoms with Crippen molar-refractivity contribution >= 4 is 0 Å². The summed E-state index contributed by atoms with van der Waals surface area (Å²) in [7, 11) is 0. The van der Waals surface area contributed by atoms with Crippen LogP contribution in [0.15, 0.2) is 0 Å². The van der Waals surface area contributed by atoms with Crippen LogP contribution in [0.2, 0.25) is 0 Å². The van der Waals surface area contributed by atoms with Crippen molar-refractivity contribution in [2.75, 3.05) is 0 Å². The third-order valence-corrected chi connectivity index (χ3v) is 2.43. The van der Waals surface area contributed by atoms with Gasteiger partial charge >= 0.3 is 0 Å². The summed E-state index contributed by atoms with van der Waals surface area (Å²) in [6.45, 7) is 4.64. The van der Waals surface area contributed by atoms with Gasteiger partial charge in [-0.3, -0.25) is 0 Å². The van der Waals surface area contributed by atoms with Crippen LogP contribution < -0.4 is 0 Å². The minimum atomic E-state index is 0.946. The van der Waals surface area contributed by atoms with Crippen LogP contribution in [-0.2, 0) is 0 Å². The molecular weight excluding hydrogens is 108 g/mol. The van der Waals surface area contributed by atoms with Crippen LogP contribution >= 0.6 is 0 Å². The van der Waals surface area contributed by atoms with Crippen molar-refractivity contribution in [3.8, 4) is 0 Å². The zero-order valence-corrected chi connectivity index (χ0v) is 6.56. The molecule has 53 valence electrons. The van der Waals surface area contributed by atoms with Crippen LogP contribution in [0.1, 0.15) is 39.5 Å². The van der Waals surface area contributed by atoms with E-state index in [1.54, 1.807) is 0 Å². The van der Waals surface area contributed by atoms with Crippen molar-refractivity contribution in [1.82, 2.24) is 0 Å². The molecule has 1 saturated carbocycles. The van der Waals surface area contributed by atoms with Gasteiger partial charge in [0.05, 0.1) is 0 Å². The van der Waals surface area contributed by atoms with E-state index in [4.69, 9.17) is 0 Å². The second-order valence-electron chi connectivity index (χ2n) is 3.32. The SMILES string of the molecule is CC[C@@H]1[CH]CC(C)CC1. The van der Waals surface area contributed by atoms with Crippen LogP contribution in [0.3, 0.4) is 0 Å². The molecule has 1 rings (SSSR count). The van der Waals surface area contributed by atoms with E-state index in [2.05, 4.69) is 20.3 Å². The van der Waals surface area contributed by atoms with Crippen LogP contribution in [-0.4, -0.2) is 0 Å². The standard InChI is InChI=1S/C9H17/c1-3-9-6-4-8(2)5-7-9/h6,8-9H,3-5,7H2,1-2H3/t8?,9-/m1/s1. The van der Waals surface area contributed by atoms with E-state index >= 15 is 0 Å². The maximum Gasteiger partial charge on any atom is -0.0352 e. The van der Waals surface area contributed by atoms with Crippen molar-refractivity contribution in [1.29, 1.82) is 0 Å². The molecule has 0 aliphatic heterocycles. The van der Waals surface area contributed by atoms with Crippen LogP contribution in [0.5, 0.6) is 0 Å². The lowest BCUT2D eigenvalue weighted by Crippen LogP contribution is -2.11. The summed E-state index contributed by atoms with van der Waals surface area (Å²) in [5.74, 6) is 1.91. The lowest BCUT2D eigenvalue weighted by atomic mass is 9.82. The first-order valence-corrected chi connectivity index (χ1v) is 4.16. The van der Waals surface area contributed by atoms with Gasteiger partial charge in [0.1, 0.15) is 0 Å². The highest BCUT2D eigenvalue weighted by atomic mass is 14.2. The molecule has 0 bridgehead atoms. The van der Waals surface area contributed by atoms with E-state index in [1.165, 1.54) is 25.7 Å². The average Bonchev–Trinajstić information content (AvgIpc) is 1.90. The number of hydrogen-bond donors (Lipinski definition) is 0. The maximum atomic E-state index is 2.51. The molecule has 0 aromatic rings. The highest BCUT2D eigenvalue weighted by Gasteiger charge is 2.15. The van der Waals surface area contributed by atoms with Gasteiger partial charge in [0.2, 0.25) is 0 Å². The Morgan fingerprint density at radius 2 is 2.22 bits per heavy atom. The van der Waals surface area contributed by atoms with Gasteiger partial charge in [-0.2, -0.15) is 0 Å². The summed E-state index contributed by atoms with van der Waals surface area (Å²) in [4.78, 5) is 0. The third kappa shape index (κ3) is 2.00. The first-order chi connectivity index (χ1) is 4.33. The smallest absolute Gasteiger partial charge is 0.0352 e. The fraction of sp³-hybridized carbons (Fsp3) is 0.889. The molecule has 1 aliphatic carbocycles. The zero-order valence-electron chi connectivity index (χ0n) is 6.56. The second kappa shape index (κ2) is 3.24. The highest BCUT2D eigenvalue weighted by Crippen LogP contribution is 2.28. The minimum absolute atomic E-state index is 0.946. The third-order valence-electron chi connectivity index (χ3n) is 2.43. The summed E-state index contributed by atoms with van der Waals surface area (Å²) in [5, 5.41) is 0. The van der Waals surface area contributed by atoms with Crippen molar-refractivity contribution in [3.63, 3.8) is 0 Å². The van der Waals surface area contributed by atoms with Gasteiger partial charge in [0.15, 0.2) is 0 Å². The Balaban J connectivity index is 2.18. The van der Waals surface area contributed by atoms with E-state index in [1.807, 2.05) is 0 Å². The Kier molecular flexibility index (Phi) is 2.56. The Bertz CT molecular complexity index is 68.1. The van der Waals surface area contributed by atoms with Crippen molar-refractivity contribution in [3.05, 3.63) is 6.42 Å². The largest absolute Gasteiger partial charge is 0.0651 e. The van der Waals surface area contributed by atoms with Crippen LogP contribution in [0.25, 0.3) is 0 Å². The van der Waals surface area contributed by atoms with E-state index in [0.29, 0.717) is 0 Å². The quantitative estimate of drug-likeness (QED) is 0.505. The molecule has 1 fully saturated rings. The van der Waals surface area contributed by atoms with Gasteiger partial charge in [0, 0.05) is 0 Å². The molecule has 1 aliphatic rings. The van der Waals surface area contributed by atoms with Crippen molar-refractivity contribution < 1.29 is 0 Å². The monoisotopic (exact) mass is 125 g/mol. The summed E-state index contributed by atoms with van der Waals surface area (Å²) in [5.41, 5.74) is 0. The maximum absolute atomic E-state index is 2.51. The Morgan fingerprint density at radius 3 is 2.67 bits per heavy atom. The molecule has 0 nitrogen and oxygen atoms in total. The zero-order chi connectivity index (χ0) is 6.69. The van der Waals surface area contributed by atoms with Gasteiger partial charge in [-0.25, -0.2) is 0 Å². The van der Waals surface area contributed by atoms with Crippen molar-refractivity contribution in [2.45, 2.75) is 39.5 Å². The predicted octanol–water partition coefficient (Wildman–Crippen LogP) is 3.04. The van der Waals surface area contributed by atoms with Gasteiger partial charge in [0.25, 0.3) is 0 Å². The Labute approximate surface area is 58.7 Å². The first kappa shape index (κ1) is 7.11. The molecule has 1 unspecified atom stereocenters. The molecule has 9 heavy (non-hydrogen) atoms. The normalized spacial score (nSPS) is 36.7. The van der Waals surface area contributed by atoms with Gasteiger partial charge in [-0.05, 0) is 31.1 Å². The first-order valence-electron chi connectivity index (χ1n) is 4.16. The highest BCUT2D eigenvalue weighted by molar-refractivity contribution is 4.82. The fourth-order valence-electron chi connectivity index (χ4n) is 1.53. The Morgan fingerprint density at radius 1 is 1.44 bits per heavy atom. The molecule has 2 atom stereocenters. The molecule has 0 saturated heterocycles. The summed E-state index contributed by atoms with van der Waals surface area (Å²) >= 11 is 0. The van der Waals surface area contributed by atoms with Gasteiger partial charge < -0.3 is 0 Å². The summed E-state index contributed by atoms with van der Waals surface area (Å²) in [6.07, 6.45) is 8.12. The molecular formula is C9H17. The number of rotatable bonds is 1. The van der Waals surface area contributed by atoms with Crippen LogP contribution in [0.4, 0.5) is 0 Å². The fourth-order valence-corrected chi connectivity index (χ4v) is 1.53.